The number of H-pyrrole nitrogens is 1. The fourth-order valence-corrected chi connectivity index (χ4v) is 4.96. The second-order valence-electron chi connectivity index (χ2n) is 11.0. The predicted molar refractivity (Wildman–Crippen MR) is 148 cm³/mol. The number of β-lactam (4-membered cyclic amide) rings is 1. The summed E-state index contributed by atoms with van der Waals surface area (Å²) >= 11 is 5.84. The van der Waals surface area contributed by atoms with Gasteiger partial charge in [0.05, 0.1) is 16.1 Å². The van der Waals surface area contributed by atoms with Crippen LogP contribution in [0.15, 0.2) is 58.4 Å². The minimum Gasteiger partial charge on any atom is -0.487 e. The number of anilines is 1. The molecule has 3 aromatic rings. The minimum absolute atomic E-state index is 0.0893. The van der Waals surface area contributed by atoms with Crippen LogP contribution in [0.2, 0.25) is 5.02 Å². The molecule has 2 saturated heterocycles. The molecule has 0 bridgehead atoms. The number of likely N-dealkylation sites (tertiary alicyclic amines) is 1. The van der Waals surface area contributed by atoms with E-state index in [-0.39, 0.29) is 24.3 Å². The summed E-state index contributed by atoms with van der Waals surface area (Å²) in [6.07, 6.45) is 3.65. The Balaban J connectivity index is 1.22. The number of piperidine rings is 1. The van der Waals surface area contributed by atoms with Crippen LogP contribution in [0.25, 0.3) is 5.69 Å². The van der Waals surface area contributed by atoms with Gasteiger partial charge in [-0.3, -0.25) is 28.8 Å². The normalized spacial score (nSPS) is 16.6. The molecule has 12 heteroatoms. The van der Waals surface area contributed by atoms with Crippen LogP contribution in [0.3, 0.4) is 0 Å². The van der Waals surface area contributed by atoms with Crippen LogP contribution in [0.4, 0.5) is 10.6 Å². The molecule has 0 saturated carbocycles. The number of amides is 2. The van der Waals surface area contributed by atoms with Crippen molar-refractivity contribution in [3.8, 4) is 11.4 Å². The number of hydrogen-bond acceptors (Lipinski definition) is 7. The number of rotatable bonds is 5. The molecule has 1 spiro atoms. The van der Waals surface area contributed by atoms with Crippen LogP contribution in [0.5, 0.6) is 5.75 Å². The molecule has 0 atom stereocenters. The lowest BCUT2D eigenvalue weighted by Crippen LogP contribution is -2.65. The summed E-state index contributed by atoms with van der Waals surface area (Å²) < 4.78 is 12.3. The van der Waals surface area contributed by atoms with Gasteiger partial charge in [-0.25, -0.2) is 4.79 Å². The smallest absolute Gasteiger partial charge is 0.410 e. The first-order chi connectivity index (χ1) is 18.9. The van der Waals surface area contributed by atoms with Gasteiger partial charge in [0.25, 0.3) is 11.1 Å². The van der Waals surface area contributed by atoms with E-state index in [1.165, 1.54) is 34.0 Å². The van der Waals surface area contributed by atoms with Gasteiger partial charge in [-0.15, -0.1) is 0 Å². The van der Waals surface area contributed by atoms with Gasteiger partial charge in [0.15, 0.2) is 0 Å². The van der Waals surface area contributed by atoms with Crippen molar-refractivity contribution in [2.45, 2.75) is 45.8 Å². The standard InChI is InChI=1S/C28H30ClN5O6/c1-27(2,3)40-26(38)32-12-9-28(10-13-32)17-34(25(28)37)22-7-6-21(24(36)31-22)33-11-8-20(14-23(33)35)39-16-19-5-4-18(29)15-30-19/h4-8,11,14-15H,9-10,12-13,16-17H2,1-3H3,(H,31,36). The highest BCUT2D eigenvalue weighted by molar-refractivity contribution is 6.30. The van der Waals surface area contributed by atoms with Gasteiger partial charge in [-0.05, 0) is 63.9 Å². The molecule has 11 nitrogen and oxygen atoms in total. The Morgan fingerprint density at radius 3 is 2.45 bits per heavy atom. The zero-order valence-corrected chi connectivity index (χ0v) is 23.2. The molecular formula is C28H30ClN5O6. The molecule has 40 heavy (non-hydrogen) atoms. The highest BCUT2D eigenvalue weighted by atomic mass is 35.5. The van der Waals surface area contributed by atoms with Crippen LogP contribution in [0.1, 0.15) is 39.3 Å². The number of aromatic nitrogens is 3. The zero-order chi connectivity index (χ0) is 28.7. The third-order valence-electron chi connectivity index (χ3n) is 7.02. The molecule has 2 aliphatic heterocycles. The van der Waals surface area contributed by atoms with Gasteiger partial charge in [0.2, 0.25) is 5.91 Å². The largest absolute Gasteiger partial charge is 0.487 e. The molecule has 5 rings (SSSR count). The van der Waals surface area contributed by atoms with Gasteiger partial charge >= 0.3 is 6.09 Å². The molecule has 2 amide bonds. The molecule has 1 N–H and O–H groups in total. The van der Waals surface area contributed by atoms with Gasteiger partial charge < -0.3 is 19.4 Å². The molecule has 2 aliphatic rings. The Morgan fingerprint density at radius 2 is 1.85 bits per heavy atom. The zero-order valence-electron chi connectivity index (χ0n) is 22.5. The number of nitrogens with zero attached hydrogens (tertiary/aromatic N) is 4. The maximum Gasteiger partial charge on any atom is 0.410 e. The van der Waals surface area contributed by atoms with E-state index in [9.17, 15) is 19.2 Å². The van der Waals surface area contributed by atoms with Crippen LogP contribution in [-0.2, 0) is 16.1 Å². The molecule has 3 aromatic heterocycles. The second kappa shape index (κ2) is 10.5. The number of nitrogens with one attached hydrogen (secondary N) is 1. The summed E-state index contributed by atoms with van der Waals surface area (Å²) in [6.45, 7) is 6.91. The summed E-state index contributed by atoms with van der Waals surface area (Å²) in [4.78, 5) is 61.2. The highest BCUT2D eigenvalue weighted by Gasteiger charge is 2.54. The number of ether oxygens (including phenoxy) is 2. The van der Waals surface area contributed by atoms with E-state index in [0.717, 1.165) is 0 Å². The van der Waals surface area contributed by atoms with Gasteiger partial charge in [0, 0.05) is 38.1 Å². The topological polar surface area (TPSA) is 127 Å². The van der Waals surface area contributed by atoms with Crippen molar-refractivity contribution in [3.63, 3.8) is 0 Å². The SMILES string of the molecule is CC(C)(C)OC(=O)N1CCC2(CC1)CN(c1ccc(-n3ccc(OCc4ccc(Cl)cn4)cc3=O)c(=O)[nH]1)C2=O. The van der Waals surface area contributed by atoms with E-state index in [4.69, 9.17) is 21.1 Å². The average Bonchev–Trinajstić information content (AvgIpc) is 2.91. The van der Waals surface area contributed by atoms with Crippen molar-refractivity contribution in [2.75, 3.05) is 24.5 Å². The molecule has 0 unspecified atom stereocenters. The lowest BCUT2D eigenvalue weighted by Gasteiger charge is -2.52. The average molecular weight is 568 g/mol. The predicted octanol–water partition coefficient (Wildman–Crippen LogP) is 3.52. The first-order valence-corrected chi connectivity index (χ1v) is 13.3. The Labute approximate surface area is 235 Å². The summed E-state index contributed by atoms with van der Waals surface area (Å²) in [5.41, 5.74) is -1.32. The lowest BCUT2D eigenvalue weighted by atomic mass is 9.71. The van der Waals surface area contributed by atoms with E-state index < -0.39 is 22.1 Å². The first-order valence-electron chi connectivity index (χ1n) is 12.9. The number of carbonyl (C=O) groups is 2. The molecule has 0 radical (unpaired) electrons. The molecule has 2 fully saturated rings. The lowest BCUT2D eigenvalue weighted by molar-refractivity contribution is -0.138. The Bertz CT molecular complexity index is 1550. The van der Waals surface area contributed by atoms with E-state index >= 15 is 0 Å². The minimum atomic E-state index is -0.579. The fourth-order valence-electron chi connectivity index (χ4n) is 4.85. The first kappa shape index (κ1) is 27.4. The third-order valence-corrected chi connectivity index (χ3v) is 7.25. The number of hydrogen-bond donors (Lipinski definition) is 1. The van der Waals surface area contributed by atoms with Crippen molar-refractivity contribution < 1.29 is 19.1 Å². The number of halogens is 1. The molecule has 0 aliphatic carbocycles. The number of pyridine rings is 3. The van der Waals surface area contributed by atoms with E-state index in [1.54, 1.807) is 29.2 Å². The molecule has 5 heterocycles. The van der Waals surface area contributed by atoms with Crippen molar-refractivity contribution in [1.82, 2.24) is 19.4 Å². The van der Waals surface area contributed by atoms with Crippen LogP contribution >= 0.6 is 11.6 Å². The van der Waals surface area contributed by atoms with Gasteiger partial charge in [-0.1, -0.05) is 11.6 Å². The summed E-state index contributed by atoms with van der Waals surface area (Å²) in [6, 6.07) is 9.41. The van der Waals surface area contributed by atoms with Crippen LogP contribution < -0.4 is 20.8 Å². The monoisotopic (exact) mass is 567 g/mol. The van der Waals surface area contributed by atoms with E-state index in [2.05, 4.69) is 9.97 Å². The maximum absolute atomic E-state index is 13.2. The van der Waals surface area contributed by atoms with E-state index in [1.807, 2.05) is 20.8 Å². The Morgan fingerprint density at radius 1 is 1.10 bits per heavy atom. The van der Waals surface area contributed by atoms with Crippen LogP contribution in [-0.4, -0.2) is 56.7 Å². The number of aromatic amines is 1. The van der Waals surface area contributed by atoms with E-state index in [0.29, 0.717) is 54.8 Å². The summed E-state index contributed by atoms with van der Waals surface area (Å²) in [5, 5.41) is 0.515. The Kier molecular flexibility index (Phi) is 7.17. The summed E-state index contributed by atoms with van der Waals surface area (Å²) in [5.74, 6) is 0.608. The van der Waals surface area contributed by atoms with Crippen molar-refractivity contribution in [2.24, 2.45) is 5.41 Å². The fraction of sp³-hybridized carbons (Fsp3) is 0.393. The third kappa shape index (κ3) is 5.60. The highest BCUT2D eigenvalue weighted by Crippen LogP contribution is 2.43. The molecular weight excluding hydrogens is 538 g/mol. The van der Waals surface area contributed by atoms with Crippen molar-refractivity contribution >= 4 is 29.4 Å². The quantitative estimate of drug-likeness (QED) is 0.467. The van der Waals surface area contributed by atoms with Crippen LogP contribution in [0, 0.1) is 5.41 Å². The molecule has 210 valence electrons. The summed E-state index contributed by atoms with van der Waals surface area (Å²) in [7, 11) is 0. The second-order valence-corrected chi connectivity index (χ2v) is 11.5. The van der Waals surface area contributed by atoms with Crippen molar-refractivity contribution in [3.05, 3.63) is 80.2 Å². The van der Waals surface area contributed by atoms with Gasteiger partial charge in [-0.2, -0.15) is 0 Å². The van der Waals surface area contributed by atoms with Gasteiger partial charge in [0.1, 0.15) is 29.5 Å². The molecule has 0 aromatic carbocycles. The Hall–Kier alpha value is -4.12. The maximum atomic E-state index is 13.2. The van der Waals surface area contributed by atoms with Crippen molar-refractivity contribution in [1.29, 1.82) is 0 Å². The number of carbonyl (C=O) groups excluding carboxylic acids is 2.